The molecule has 1 aliphatic carbocycles. The Morgan fingerprint density at radius 2 is 2.04 bits per heavy atom. The van der Waals surface area contributed by atoms with Gasteiger partial charge in [0.1, 0.15) is 0 Å². The van der Waals surface area contributed by atoms with Crippen molar-refractivity contribution < 1.29 is 9.32 Å². The van der Waals surface area contributed by atoms with Crippen LogP contribution in [0.3, 0.4) is 0 Å². The summed E-state index contributed by atoms with van der Waals surface area (Å²) in [6, 6.07) is 8.64. The number of halogens is 1. The van der Waals surface area contributed by atoms with Gasteiger partial charge in [-0.2, -0.15) is 4.98 Å². The molecule has 0 bridgehead atoms. The van der Waals surface area contributed by atoms with Crippen LogP contribution in [0.2, 0.25) is 0 Å². The van der Waals surface area contributed by atoms with Crippen molar-refractivity contribution in [2.45, 2.75) is 64.0 Å². The van der Waals surface area contributed by atoms with Crippen molar-refractivity contribution in [3.8, 4) is 11.5 Å². The zero-order valence-electron chi connectivity index (χ0n) is 16.3. The van der Waals surface area contributed by atoms with Crippen LogP contribution in [0.25, 0.3) is 11.5 Å². The second kappa shape index (κ2) is 9.52. The average Bonchev–Trinajstić information content (AvgIpc) is 3.35. The lowest BCUT2D eigenvalue weighted by atomic mass is 9.85. The topological polar surface area (TPSA) is 80.0 Å². The van der Waals surface area contributed by atoms with Gasteiger partial charge in [-0.05, 0) is 49.3 Å². The molecule has 2 aliphatic rings. The Kier molecular flexibility index (Phi) is 7.08. The summed E-state index contributed by atoms with van der Waals surface area (Å²) in [6.45, 7) is 2.66. The van der Waals surface area contributed by atoms with Gasteiger partial charge in [0.05, 0.1) is 6.04 Å². The predicted octanol–water partition coefficient (Wildman–Crippen LogP) is 3.30. The molecule has 0 spiro atoms. The van der Waals surface area contributed by atoms with Crippen molar-refractivity contribution in [2.75, 3.05) is 6.54 Å². The molecule has 0 radical (unpaired) electrons. The average molecular weight is 405 g/mol. The number of nitrogens with zero attached hydrogens (tertiary/aromatic N) is 2. The number of amides is 1. The summed E-state index contributed by atoms with van der Waals surface area (Å²) in [6.07, 6.45) is 7.68. The molecule has 2 N–H and O–H groups in total. The van der Waals surface area contributed by atoms with Gasteiger partial charge in [-0.1, -0.05) is 37.1 Å². The molecule has 4 rings (SSSR count). The molecule has 2 aromatic rings. The molecule has 1 aliphatic heterocycles. The first-order valence-electron chi connectivity index (χ1n) is 10.2. The highest BCUT2D eigenvalue weighted by molar-refractivity contribution is 5.85. The molecular formula is C21H29ClN4O2. The van der Waals surface area contributed by atoms with Crippen LogP contribution in [0.4, 0.5) is 0 Å². The van der Waals surface area contributed by atoms with E-state index in [1.165, 1.54) is 31.2 Å². The molecular weight excluding hydrogens is 376 g/mol. The molecule has 2 fully saturated rings. The summed E-state index contributed by atoms with van der Waals surface area (Å²) in [5, 5.41) is 10.6. The minimum absolute atomic E-state index is 0. The summed E-state index contributed by atoms with van der Waals surface area (Å²) in [5.41, 5.74) is 2.11. The number of aryl methyl sites for hydroxylation is 1. The van der Waals surface area contributed by atoms with Crippen LogP contribution in [0.5, 0.6) is 0 Å². The molecule has 152 valence electrons. The summed E-state index contributed by atoms with van der Waals surface area (Å²) >= 11 is 0. The third-order valence-corrected chi connectivity index (χ3v) is 5.88. The van der Waals surface area contributed by atoms with Gasteiger partial charge in [-0.15, -0.1) is 12.4 Å². The fraction of sp³-hybridized carbons (Fsp3) is 0.571. The first-order valence-corrected chi connectivity index (χ1v) is 10.2. The fourth-order valence-corrected chi connectivity index (χ4v) is 4.30. The van der Waals surface area contributed by atoms with Gasteiger partial charge < -0.3 is 15.2 Å². The number of carbonyl (C=O) groups excluding carboxylic acids is 1. The van der Waals surface area contributed by atoms with E-state index in [1.54, 1.807) is 0 Å². The summed E-state index contributed by atoms with van der Waals surface area (Å²) in [4.78, 5) is 16.8. The Hall–Kier alpha value is -1.92. The molecule has 1 saturated heterocycles. The van der Waals surface area contributed by atoms with Crippen LogP contribution in [0.1, 0.15) is 50.4 Å². The number of benzene rings is 1. The van der Waals surface area contributed by atoms with Crippen LogP contribution in [-0.4, -0.2) is 34.7 Å². The van der Waals surface area contributed by atoms with Crippen LogP contribution in [0, 0.1) is 5.92 Å². The minimum atomic E-state index is -0.00855. The highest BCUT2D eigenvalue weighted by Crippen LogP contribution is 2.33. The van der Waals surface area contributed by atoms with Crippen molar-refractivity contribution in [3.05, 3.63) is 35.7 Å². The molecule has 28 heavy (non-hydrogen) atoms. The Balaban J connectivity index is 0.00000225. The Morgan fingerprint density at radius 1 is 1.25 bits per heavy atom. The quantitative estimate of drug-likeness (QED) is 0.772. The standard InChI is InChI=1S/C21H28N4O2.ClH/c1-2-19-24-21(27-25-19)15-9-7-14(8-10-15)11-12-22-20(26)18-13-16-5-3-4-6-17(16)23-18;/h7-10,16-18,23H,2-6,11-13H2,1H3,(H,22,26);1H. The lowest BCUT2D eigenvalue weighted by Gasteiger charge is -2.24. The second-order valence-corrected chi connectivity index (χ2v) is 7.71. The van der Waals surface area contributed by atoms with E-state index < -0.39 is 0 Å². The molecule has 1 amide bonds. The molecule has 2 heterocycles. The Labute approximate surface area is 172 Å². The maximum Gasteiger partial charge on any atom is 0.257 e. The zero-order chi connectivity index (χ0) is 18.6. The number of fused-ring (bicyclic) bond motifs is 1. The molecule has 3 atom stereocenters. The number of nitrogens with one attached hydrogen (secondary N) is 2. The minimum Gasteiger partial charge on any atom is -0.354 e. The van der Waals surface area contributed by atoms with Gasteiger partial charge in [-0.25, -0.2) is 0 Å². The molecule has 1 aromatic heterocycles. The third-order valence-electron chi connectivity index (χ3n) is 5.88. The molecule has 3 unspecified atom stereocenters. The number of hydrogen-bond donors (Lipinski definition) is 2. The largest absolute Gasteiger partial charge is 0.354 e. The number of aromatic nitrogens is 2. The van der Waals surface area contributed by atoms with E-state index >= 15 is 0 Å². The van der Waals surface area contributed by atoms with E-state index in [4.69, 9.17) is 4.52 Å². The predicted molar refractivity (Wildman–Crippen MR) is 110 cm³/mol. The Morgan fingerprint density at radius 3 is 2.75 bits per heavy atom. The van der Waals surface area contributed by atoms with E-state index in [2.05, 4.69) is 32.9 Å². The van der Waals surface area contributed by atoms with E-state index in [0.717, 1.165) is 30.7 Å². The molecule has 7 heteroatoms. The van der Waals surface area contributed by atoms with Crippen LogP contribution in [-0.2, 0) is 17.6 Å². The maximum absolute atomic E-state index is 12.4. The number of hydrogen-bond acceptors (Lipinski definition) is 5. The highest BCUT2D eigenvalue weighted by Gasteiger charge is 2.37. The molecule has 1 saturated carbocycles. The van der Waals surface area contributed by atoms with Gasteiger partial charge >= 0.3 is 0 Å². The first-order chi connectivity index (χ1) is 13.2. The van der Waals surface area contributed by atoms with Crippen LogP contribution >= 0.6 is 12.4 Å². The summed E-state index contributed by atoms with van der Waals surface area (Å²) < 4.78 is 5.27. The maximum atomic E-state index is 12.4. The SMILES string of the molecule is CCc1noc(-c2ccc(CCNC(=O)C3CC4CCCCC4N3)cc2)n1.Cl. The van der Waals surface area contributed by atoms with Gasteiger partial charge in [0.15, 0.2) is 5.82 Å². The normalized spacial score (nSPS) is 23.7. The van der Waals surface area contributed by atoms with E-state index in [1.807, 2.05) is 19.1 Å². The van der Waals surface area contributed by atoms with Gasteiger partial charge in [-0.3, -0.25) is 4.79 Å². The molecule has 1 aromatic carbocycles. The fourth-order valence-electron chi connectivity index (χ4n) is 4.30. The zero-order valence-corrected chi connectivity index (χ0v) is 17.1. The summed E-state index contributed by atoms with van der Waals surface area (Å²) in [7, 11) is 0. The Bertz CT molecular complexity index is 763. The summed E-state index contributed by atoms with van der Waals surface area (Å²) in [5.74, 6) is 2.12. The second-order valence-electron chi connectivity index (χ2n) is 7.71. The molecule has 6 nitrogen and oxygen atoms in total. The van der Waals surface area contributed by atoms with Gasteiger partial charge in [0.2, 0.25) is 5.91 Å². The lowest BCUT2D eigenvalue weighted by Crippen LogP contribution is -2.43. The first kappa shape index (κ1) is 20.8. The van der Waals surface area contributed by atoms with Crippen molar-refractivity contribution in [3.63, 3.8) is 0 Å². The van der Waals surface area contributed by atoms with Crippen LogP contribution < -0.4 is 10.6 Å². The highest BCUT2D eigenvalue weighted by atomic mass is 35.5. The van der Waals surface area contributed by atoms with Gasteiger partial charge in [0.25, 0.3) is 5.89 Å². The van der Waals surface area contributed by atoms with E-state index in [9.17, 15) is 4.79 Å². The van der Waals surface area contributed by atoms with Crippen molar-refractivity contribution >= 4 is 18.3 Å². The van der Waals surface area contributed by atoms with E-state index in [-0.39, 0.29) is 24.4 Å². The third kappa shape index (κ3) is 4.73. The lowest BCUT2D eigenvalue weighted by molar-refractivity contribution is -0.122. The van der Waals surface area contributed by atoms with Gasteiger partial charge in [0, 0.05) is 24.6 Å². The smallest absolute Gasteiger partial charge is 0.257 e. The van der Waals surface area contributed by atoms with E-state index in [0.29, 0.717) is 24.4 Å². The van der Waals surface area contributed by atoms with Crippen molar-refractivity contribution in [1.82, 2.24) is 20.8 Å². The van der Waals surface area contributed by atoms with Crippen molar-refractivity contribution in [2.24, 2.45) is 5.92 Å². The number of carbonyl (C=O) groups is 1. The monoisotopic (exact) mass is 404 g/mol. The van der Waals surface area contributed by atoms with Crippen LogP contribution in [0.15, 0.2) is 28.8 Å². The number of rotatable bonds is 6. The van der Waals surface area contributed by atoms with Crippen molar-refractivity contribution in [1.29, 1.82) is 0 Å².